The number of hydrogen-bond acceptors (Lipinski definition) is 8. The summed E-state index contributed by atoms with van der Waals surface area (Å²) in [6.07, 6.45) is 1.12. The summed E-state index contributed by atoms with van der Waals surface area (Å²) in [7, 11) is 0. The first-order chi connectivity index (χ1) is 10.5. The molecular formula is C12H26N2O8. The molecule has 0 aromatic rings. The van der Waals surface area contributed by atoms with Crippen LogP contribution in [0.2, 0.25) is 0 Å². The zero-order chi connectivity index (χ0) is 17.6. The van der Waals surface area contributed by atoms with Gasteiger partial charge in [0.05, 0.1) is 26.4 Å². The molecular weight excluding hydrogens is 300 g/mol. The maximum Gasteiger partial charge on any atom is 0.328 e. The van der Waals surface area contributed by atoms with Gasteiger partial charge in [0.25, 0.3) is 0 Å². The molecule has 0 aromatic carbocycles. The summed E-state index contributed by atoms with van der Waals surface area (Å²) in [5.41, 5.74) is 0. The molecule has 0 aliphatic rings. The van der Waals surface area contributed by atoms with Crippen LogP contribution in [0.15, 0.2) is 12.2 Å². The van der Waals surface area contributed by atoms with Crippen LogP contribution in [0.1, 0.15) is 0 Å². The van der Waals surface area contributed by atoms with E-state index in [1.165, 1.54) is 0 Å². The van der Waals surface area contributed by atoms with Crippen molar-refractivity contribution < 1.29 is 40.2 Å². The highest BCUT2D eigenvalue weighted by molar-refractivity contribution is 5.89. The molecule has 0 aliphatic heterocycles. The number of carboxylic acids is 2. The quantitative estimate of drug-likeness (QED) is 0.151. The largest absolute Gasteiger partial charge is 0.478 e. The van der Waals surface area contributed by atoms with Crippen molar-refractivity contribution in [3.63, 3.8) is 0 Å². The average molecular weight is 326 g/mol. The molecule has 0 amide bonds. The van der Waals surface area contributed by atoms with Crippen molar-refractivity contribution in [2.45, 2.75) is 0 Å². The Morgan fingerprint density at radius 1 is 0.636 bits per heavy atom. The summed E-state index contributed by atoms with van der Waals surface area (Å²) in [5.74, 6) is -2.51. The van der Waals surface area contributed by atoms with Crippen LogP contribution in [0.3, 0.4) is 0 Å². The molecule has 0 unspecified atom stereocenters. The Balaban J connectivity index is -0.000000247. The van der Waals surface area contributed by atoms with Crippen LogP contribution < -0.4 is 10.6 Å². The molecule has 8 N–H and O–H groups in total. The predicted molar refractivity (Wildman–Crippen MR) is 78.5 cm³/mol. The van der Waals surface area contributed by atoms with E-state index in [9.17, 15) is 9.59 Å². The monoisotopic (exact) mass is 326 g/mol. The molecule has 0 radical (unpaired) electrons. The van der Waals surface area contributed by atoms with Gasteiger partial charge in [0.15, 0.2) is 0 Å². The number of carbonyl (C=O) groups is 2. The fraction of sp³-hybridized carbons (Fsp3) is 0.667. The lowest BCUT2D eigenvalue weighted by Gasteiger charge is -1.94. The van der Waals surface area contributed by atoms with E-state index in [2.05, 4.69) is 10.6 Å². The van der Waals surface area contributed by atoms with Gasteiger partial charge in [-0.3, -0.25) is 0 Å². The van der Waals surface area contributed by atoms with Crippen molar-refractivity contribution in [3.8, 4) is 0 Å². The first-order valence-corrected chi connectivity index (χ1v) is 6.45. The molecule has 0 bridgehead atoms. The molecule has 0 heterocycles. The molecule has 132 valence electrons. The first-order valence-electron chi connectivity index (χ1n) is 6.45. The van der Waals surface area contributed by atoms with Crippen molar-refractivity contribution in [1.29, 1.82) is 0 Å². The van der Waals surface area contributed by atoms with E-state index in [1.54, 1.807) is 0 Å². The molecule has 0 spiro atoms. The molecule has 0 rings (SSSR count). The molecule has 10 heteroatoms. The van der Waals surface area contributed by atoms with E-state index >= 15 is 0 Å². The van der Waals surface area contributed by atoms with Crippen molar-refractivity contribution in [2.75, 3.05) is 52.6 Å². The normalized spacial score (nSPS) is 9.45. The van der Waals surface area contributed by atoms with Gasteiger partial charge in [0.2, 0.25) is 0 Å². The number of aliphatic hydroxyl groups is 4. The number of hydrogen-bond donors (Lipinski definition) is 8. The van der Waals surface area contributed by atoms with Gasteiger partial charge >= 0.3 is 11.9 Å². The Hall–Kier alpha value is -1.56. The maximum absolute atomic E-state index is 9.55. The van der Waals surface area contributed by atoms with Crippen molar-refractivity contribution in [1.82, 2.24) is 10.6 Å². The summed E-state index contributed by atoms with van der Waals surface area (Å²) in [6, 6.07) is 0. The lowest BCUT2D eigenvalue weighted by Crippen LogP contribution is -2.21. The van der Waals surface area contributed by atoms with E-state index in [-0.39, 0.29) is 26.4 Å². The van der Waals surface area contributed by atoms with Crippen LogP contribution >= 0.6 is 0 Å². The van der Waals surface area contributed by atoms with Gasteiger partial charge < -0.3 is 41.3 Å². The Morgan fingerprint density at radius 2 is 0.864 bits per heavy atom. The fourth-order valence-corrected chi connectivity index (χ4v) is 0.709. The molecule has 0 saturated heterocycles. The molecule has 10 nitrogen and oxygen atoms in total. The minimum absolute atomic E-state index is 0.139. The second-order valence-corrected chi connectivity index (χ2v) is 3.40. The average Bonchev–Trinajstić information content (AvgIpc) is 2.48. The van der Waals surface area contributed by atoms with Gasteiger partial charge in [-0.15, -0.1) is 0 Å². The van der Waals surface area contributed by atoms with Gasteiger partial charge in [-0.1, -0.05) is 0 Å². The summed E-state index contributed by atoms with van der Waals surface area (Å²) in [4.78, 5) is 19.1. The summed E-state index contributed by atoms with van der Waals surface area (Å²) >= 11 is 0. The Bertz CT molecular complexity index is 240. The lowest BCUT2D eigenvalue weighted by atomic mass is 10.5. The molecule has 0 aliphatic carbocycles. The van der Waals surface area contributed by atoms with E-state index in [0.717, 1.165) is 0 Å². The van der Waals surface area contributed by atoms with Crippen LogP contribution in [0.5, 0.6) is 0 Å². The van der Waals surface area contributed by atoms with Gasteiger partial charge in [0, 0.05) is 38.3 Å². The SMILES string of the molecule is O=C(O)/C=C/C(=O)O.OCCNCCO.OCCNCCO. The third kappa shape index (κ3) is 42.9. The number of rotatable bonds is 10. The zero-order valence-corrected chi connectivity index (χ0v) is 12.3. The molecule has 22 heavy (non-hydrogen) atoms. The molecule has 0 fully saturated rings. The summed E-state index contributed by atoms with van der Waals surface area (Å²) in [5, 5.41) is 53.8. The topological polar surface area (TPSA) is 180 Å². The summed E-state index contributed by atoms with van der Waals surface area (Å²) in [6.45, 7) is 2.84. The van der Waals surface area contributed by atoms with Gasteiger partial charge in [-0.05, 0) is 0 Å². The number of aliphatic carboxylic acids is 2. The smallest absolute Gasteiger partial charge is 0.328 e. The van der Waals surface area contributed by atoms with Crippen LogP contribution in [0, 0.1) is 0 Å². The van der Waals surface area contributed by atoms with E-state index in [4.69, 9.17) is 30.6 Å². The van der Waals surface area contributed by atoms with Crippen LogP contribution in [0.25, 0.3) is 0 Å². The minimum Gasteiger partial charge on any atom is -0.478 e. The third-order valence-electron chi connectivity index (χ3n) is 1.52. The number of nitrogens with one attached hydrogen (secondary N) is 2. The summed E-state index contributed by atoms with van der Waals surface area (Å²) < 4.78 is 0. The number of aliphatic hydroxyl groups excluding tert-OH is 4. The highest BCUT2D eigenvalue weighted by atomic mass is 16.4. The Kier molecular flexibility index (Phi) is 28.2. The van der Waals surface area contributed by atoms with Crippen LogP contribution in [-0.2, 0) is 9.59 Å². The highest BCUT2D eigenvalue weighted by Gasteiger charge is 1.88. The van der Waals surface area contributed by atoms with Gasteiger partial charge in [0.1, 0.15) is 0 Å². The third-order valence-corrected chi connectivity index (χ3v) is 1.52. The van der Waals surface area contributed by atoms with Gasteiger partial charge in [-0.25, -0.2) is 9.59 Å². The number of carboxylic acid groups (broad SMARTS) is 2. The zero-order valence-electron chi connectivity index (χ0n) is 12.3. The highest BCUT2D eigenvalue weighted by Crippen LogP contribution is 1.70. The Morgan fingerprint density at radius 3 is 1.00 bits per heavy atom. The minimum atomic E-state index is -1.26. The van der Waals surface area contributed by atoms with E-state index in [1.807, 2.05) is 0 Å². The van der Waals surface area contributed by atoms with Crippen molar-refractivity contribution in [3.05, 3.63) is 12.2 Å². The maximum atomic E-state index is 9.55. The van der Waals surface area contributed by atoms with Gasteiger partial charge in [-0.2, -0.15) is 0 Å². The second-order valence-electron chi connectivity index (χ2n) is 3.40. The molecule has 0 atom stereocenters. The van der Waals surface area contributed by atoms with E-state index < -0.39 is 11.9 Å². The molecule has 0 aromatic heterocycles. The van der Waals surface area contributed by atoms with Crippen molar-refractivity contribution >= 4 is 11.9 Å². The lowest BCUT2D eigenvalue weighted by molar-refractivity contribution is -0.134. The molecule has 0 saturated carbocycles. The Labute approximate surface area is 128 Å². The van der Waals surface area contributed by atoms with Crippen molar-refractivity contribution in [2.24, 2.45) is 0 Å². The predicted octanol–water partition coefficient (Wildman–Crippen LogP) is -3.17. The second kappa shape index (κ2) is 24.5. The standard InChI is InChI=1S/2C4H11NO2.C4H4O4/c2*6-3-1-5-2-4-7;5-3(6)1-2-4(7)8/h2*5-7H,1-4H2;1-2H,(H,5,6)(H,7,8)/b;;2-1+. The van der Waals surface area contributed by atoms with Crippen LogP contribution in [0.4, 0.5) is 0 Å². The fourth-order valence-electron chi connectivity index (χ4n) is 0.709. The van der Waals surface area contributed by atoms with E-state index in [0.29, 0.717) is 38.3 Å². The van der Waals surface area contributed by atoms with Crippen LogP contribution in [-0.4, -0.2) is 95.2 Å². The first kappa shape index (κ1) is 25.4.